The minimum atomic E-state index is -0.974. The first-order valence-electron chi connectivity index (χ1n) is 5.53. The highest BCUT2D eigenvalue weighted by Gasteiger charge is 2.15. The maximum atomic E-state index is 11.4. The van der Waals surface area contributed by atoms with Crippen molar-refractivity contribution in [1.82, 2.24) is 4.57 Å². The monoisotopic (exact) mass is 247 g/mol. The van der Waals surface area contributed by atoms with Gasteiger partial charge in [-0.1, -0.05) is 6.07 Å². The Hall–Kier alpha value is -2.30. The van der Waals surface area contributed by atoms with Gasteiger partial charge in [0.05, 0.1) is 18.2 Å². The van der Waals surface area contributed by atoms with Crippen LogP contribution in [0.4, 0.5) is 0 Å². The van der Waals surface area contributed by atoms with E-state index < -0.39 is 11.9 Å². The molecule has 0 unspecified atom stereocenters. The topological polar surface area (TPSA) is 68.5 Å². The Morgan fingerprint density at radius 3 is 2.67 bits per heavy atom. The quantitative estimate of drug-likeness (QED) is 0.844. The Morgan fingerprint density at radius 2 is 2.11 bits per heavy atom. The number of nitrogens with zero attached hydrogens (tertiary/aromatic N) is 1. The van der Waals surface area contributed by atoms with Crippen molar-refractivity contribution in [3.8, 4) is 0 Å². The Labute approximate surface area is 104 Å². The molecule has 0 fully saturated rings. The van der Waals surface area contributed by atoms with Crippen molar-refractivity contribution >= 4 is 22.8 Å². The normalized spacial score (nSPS) is 10.6. The summed E-state index contributed by atoms with van der Waals surface area (Å²) in [6.07, 6.45) is 1.58. The van der Waals surface area contributed by atoms with Crippen molar-refractivity contribution in [2.45, 2.75) is 13.5 Å². The highest BCUT2D eigenvalue weighted by molar-refractivity contribution is 6.05. The molecule has 5 heteroatoms. The number of carboxylic acid groups (broad SMARTS) is 1. The Bertz CT molecular complexity index is 627. The fourth-order valence-electron chi connectivity index (χ4n) is 1.97. The molecule has 1 aromatic carbocycles. The third kappa shape index (κ3) is 1.84. The molecule has 0 bridgehead atoms. The van der Waals surface area contributed by atoms with E-state index in [1.807, 2.05) is 6.92 Å². The van der Waals surface area contributed by atoms with Gasteiger partial charge in [0.25, 0.3) is 0 Å². The molecule has 1 N–H and O–H groups in total. The number of carboxylic acids is 1. The lowest BCUT2D eigenvalue weighted by Gasteiger charge is -2.03. The highest BCUT2D eigenvalue weighted by atomic mass is 16.5. The summed E-state index contributed by atoms with van der Waals surface area (Å²) >= 11 is 0. The van der Waals surface area contributed by atoms with Gasteiger partial charge in [0.2, 0.25) is 0 Å². The molecule has 0 aliphatic heterocycles. The van der Waals surface area contributed by atoms with Crippen molar-refractivity contribution in [2.24, 2.45) is 0 Å². The van der Waals surface area contributed by atoms with Crippen LogP contribution < -0.4 is 0 Å². The third-order valence-electron chi connectivity index (χ3n) is 2.87. The molecule has 0 radical (unpaired) electrons. The van der Waals surface area contributed by atoms with Crippen molar-refractivity contribution in [2.75, 3.05) is 7.11 Å². The van der Waals surface area contributed by atoms with Gasteiger partial charge in [-0.2, -0.15) is 0 Å². The maximum absolute atomic E-state index is 11.4. The first kappa shape index (κ1) is 12.2. The summed E-state index contributed by atoms with van der Waals surface area (Å²) < 4.78 is 6.45. The molecule has 2 aromatic rings. The van der Waals surface area contributed by atoms with E-state index in [9.17, 15) is 9.59 Å². The van der Waals surface area contributed by atoms with E-state index in [2.05, 4.69) is 4.74 Å². The first-order chi connectivity index (χ1) is 8.58. The van der Waals surface area contributed by atoms with Crippen molar-refractivity contribution in [3.05, 3.63) is 35.5 Å². The number of esters is 1. The van der Waals surface area contributed by atoms with Crippen LogP contribution in [0.2, 0.25) is 0 Å². The Balaban J connectivity index is 2.69. The van der Waals surface area contributed by atoms with Gasteiger partial charge in [-0.25, -0.2) is 9.59 Å². The largest absolute Gasteiger partial charge is 0.478 e. The smallest absolute Gasteiger partial charge is 0.337 e. The Kier molecular flexibility index (Phi) is 3.06. The van der Waals surface area contributed by atoms with Crippen LogP contribution >= 0.6 is 0 Å². The lowest BCUT2D eigenvalue weighted by Crippen LogP contribution is -2.01. The van der Waals surface area contributed by atoms with Crippen LogP contribution in [0.5, 0.6) is 0 Å². The molecular weight excluding hydrogens is 234 g/mol. The molecule has 0 saturated carbocycles. The second-order valence-electron chi connectivity index (χ2n) is 3.86. The van der Waals surface area contributed by atoms with Gasteiger partial charge in [0, 0.05) is 23.6 Å². The molecule has 0 aliphatic rings. The third-order valence-corrected chi connectivity index (χ3v) is 2.87. The van der Waals surface area contributed by atoms with Gasteiger partial charge in [-0.15, -0.1) is 0 Å². The predicted molar refractivity (Wildman–Crippen MR) is 65.9 cm³/mol. The van der Waals surface area contributed by atoms with Crippen LogP contribution in [0.3, 0.4) is 0 Å². The summed E-state index contributed by atoms with van der Waals surface area (Å²) in [7, 11) is 1.31. The number of aromatic nitrogens is 1. The second-order valence-corrected chi connectivity index (χ2v) is 3.86. The number of hydrogen-bond donors (Lipinski definition) is 1. The predicted octanol–water partition coefficient (Wildman–Crippen LogP) is 2.15. The summed E-state index contributed by atoms with van der Waals surface area (Å²) in [5, 5.41) is 9.73. The van der Waals surface area contributed by atoms with Crippen LogP contribution in [-0.2, 0) is 11.3 Å². The van der Waals surface area contributed by atoms with Gasteiger partial charge in [-0.05, 0) is 19.1 Å². The average molecular weight is 247 g/mol. The van der Waals surface area contributed by atoms with Crippen molar-refractivity contribution in [3.63, 3.8) is 0 Å². The number of carbonyl (C=O) groups is 2. The molecule has 0 saturated heterocycles. The van der Waals surface area contributed by atoms with Crippen molar-refractivity contribution < 1.29 is 19.4 Å². The van der Waals surface area contributed by atoms with E-state index in [-0.39, 0.29) is 5.56 Å². The lowest BCUT2D eigenvalue weighted by atomic mass is 10.1. The Morgan fingerprint density at radius 1 is 1.39 bits per heavy atom. The number of aromatic carboxylic acids is 1. The number of carbonyl (C=O) groups excluding carboxylic acids is 1. The molecule has 18 heavy (non-hydrogen) atoms. The van der Waals surface area contributed by atoms with Crippen LogP contribution in [0.1, 0.15) is 27.6 Å². The van der Waals surface area contributed by atoms with Gasteiger partial charge in [-0.3, -0.25) is 0 Å². The van der Waals surface area contributed by atoms with E-state index in [0.717, 1.165) is 5.52 Å². The molecule has 0 amide bonds. The molecular formula is C13H13NO4. The van der Waals surface area contributed by atoms with Crippen LogP contribution in [0.25, 0.3) is 10.9 Å². The van der Waals surface area contributed by atoms with Crippen molar-refractivity contribution in [1.29, 1.82) is 0 Å². The van der Waals surface area contributed by atoms with Gasteiger partial charge in [0.1, 0.15) is 0 Å². The minimum absolute atomic E-state index is 0.239. The van der Waals surface area contributed by atoms with Crippen LogP contribution in [-0.4, -0.2) is 28.7 Å². The second kappa shape index (κ2) is 4.52. The molecule has 5 nitrogen and oxygen atoms in total. The zero-order chi connectivity index (χ0) is 13.3. The fraction of sp³-hybridized carbons (Fsp3) is 0.231. The molecule has 0 atom stereocenters. The molecule has 0 spiro atoms. The summed E-state index contributed by atoms with van der Waals surface area (Å²) in [6, 6.07) is 4.86. The van der Waals surface area contributed by atoms with E-state index in [0.29, 0.717) is 17.5 Å². The molecule has 2 rings (SSSR count). The lowest BCUT2D eigenvalue weighted by molar-refractivity contribution is 0.0600. The van der Waals surface area contributed by atoms with Gasteiger partial charge >= 0.3 is 11.9 Å². The number of benzene rings is 1. The molecule has 1 heterocycles. The van der Waals surface area contributed by atoms with Crippen LogP contribution in [0.15, 0.2) is 24.4 Å². The molecule has 94 valence electrons. The number of rotatable bonds is 3. The van der Waals surface area contributed by atoms with E-state index in [4.69, 9.17) is 5.11 Å². The van der Waals surface area contributed by atoms with Crippen LogP contribution in [0, 0.1) is 0 Å². The van der Waals surface area contributed by atoms with E-state index in [1.165, 1.54) is 7.11 Å². The zero-order valence-corrected chi connectivity index (χ0v) is 10.1. The van der Waals surface area contributed by atoms with E-state index in [1.54, 1.807) is 29.0 Å². The number of aryl methyl sites for hydroxylation is 1. The summed E-state index contributed by atoms with van der Waals surface area (Å²) in [5.41, 5.74) is 1.37. The SMILES string of the molecule is CCn1cc(C(=O)O)c2ccc(C(=O)OC)cc21. The summed E-state index contributed by atoms with van der Waals surface area (Å²) in [5.74, 6) is -1.41. The zero-order valence-electron chi connectivity index (χ0n) is 10.1. The fourth-order valence-corrected chi connectivity index (χ4v) is 1.97. The van der Waals surface area contributed by atoms with E-state index >= 15 is 0 Å². The number of fused-ring (bicyclic) bond motifs is 1. The average Bonchev–Trinajstić information content (AvgIpc) is 2.75. The minimum Gasteiger partial charge on any atom is -0.478 e. The molecule has 1 aromatic heterocycles. The number of ether oxygens (including phenoxy) is 1. The maximum Gasteiger partial charge on any atom is 0.337 e. The van der Waals surface area contributed by atoms with Gasteiger partial charge < -0.3 is 14.4 Å². The first-order valence-corrected chi connectivity index (χ1v) is 5.53. The standard InChI is InChI=1S/C13H13NO4/c1-3-14-7-10(12(15)16)9-5-4-8(6-11(9)14)13(17)18-2/h4-7H,3H2,1-2H3,(H,15,16). The molecule has 0 aliphatic carbocycles. The summed E-state index contributed by atoms with van der Waals surface area (Å²) in [4.78, 5) is 22.6. The number of methoxy groups -OCH3 is 1. The van der Waals surface area contributed by atoms with Gasteiger partial charge in [0.15, 0.2) is 0 Å². The number of hydrogen-bond acceptors (Lipinski definition) is 3. The summed E-state index contributed by atoms with van der Waals surface area (Å²) in [6.45, 7) is 2.55. The highest BCUT2D eigenvalue weighted by Crippen LogP contribution is 2.23.